The Morgan fingerprint density at radius 3 is 2.37 bits per heavy atom. The molecule has 1 heterocycles. The molecule has 2 aromatic rings. The number of nitrogens with one attached hydrogen (secondary N) is 1. The number of aliphatic hydroxyl groups is 1. The monoisotopic (exact) mass is 390 g/mol. The molecular formula is C19H22N2O5S. The van der Waals surface area contributed by atoms with Crippen LogP contribution in [0.15, 0.2) is 47.4 Å². The van der Waals surface area contributed by atoms with Crippen molar-refractivity contribution >= 4 is 23.4 Å². The van der Waals surface area contributed by atoms with E-state index in [0.29, 0.717) is 40.6 Å². The number of nitrogen functional groups attached to an aromatic ring is 1. The Hall–Kier alpha value is -2.42. The van der Waals surface area contributed by atoms with E-state index in [1.165, 1.54) is 11.8 Å². The fourth-order valence-electron chi connectivity index (χ4n) is 3.31. The van der Waals surface area contributed by atoms with Gasteiger partial charge in [0.1, 0.15) is 16.2 Å². The molecule has 2 aromatic carbocycles. The molecule has 27 heavy (non-hydrogen) atoms. The van der Waals surface area contributed by atoms with E-state index in [0.717, 1.165) is 0 Å². The Morgan fingerprint density at radius 2 is 1.78 bits per heavy atom. The number of nitrogens with two attached hydrogens (primary N) is 1. The van der Waals surface area contributed by atoms with Crippen LogP contribution in [0.25, 0.3) is 0 Å². The first-order valence-corrected chi connectivity index (χ1v) is 9.16. The molecule has 144 valence electrons. The van der Waals surface area contributed by atoms with Gasteiger partial charge in [0.25, 0.3) is 0 Å². The molecule has 1 saturated heterocycles. The van der Waals surface area contributed by atoms with Crippen LogP contribution in [0.1, 0.15) is 12.0 Å². The third kappa shape index (κ3) is 3.20. The average molecular weight is 390 g/mol. The summed E-state index contributed by atoms with van der Waals surface area (Å²) in [5.41, 5.74) is 5.10. The van der Waals surface area contributed by atoms with Gasteiger partial charge >= 0.3 is 5.97 Å². The maximum Gasteiger partial charge on any atom is 0.353 e. The maximum atomic E-state index is 12.0. The number of thioether (sulfide) groups is 1. The molecule has 0 aromatic heterocycles. The molecule has 1 aliphatic rings. The standard InChI is InChI=1S/C19H22N2O5S/c1-25-13-5-3-12(4-6-13)18(9-10-21-19(18,24)17(22)23)27-16-11-14(26-2)7-8-15(16)20/h3-8,11,21,24H,9-10,20H2,1-2H3,(H,22,23). The summed E-state index contributed by atoms with van der Waals surface area (Å²) in [6.45, 7) is 0.339. The summed E-state index contributed by atoms with van der Waals surface area (Å²) in [7, 11) is 3.10. The fourth-order valence-corrected chi connectivity index (χ4v) is 4.81. The van der Waals surface area contributed by atoms with Crippen molar-refractivity contribution in [3.63, 3.8) is 0 Å². The third-order valence-electron chi connectivity index (χ3n) is 4.81. The predicted molar refractivity (Wildman–Crippen MR) is 103 cm³/mol. The van der Waals surface area contributed by atoms with Gasteiger partial charge in [-0.05, 0) is 42.3 Å². The summed E-state index contributed by atoms with van der Waals surface area (Å²) >= 11 is 1.22. The van der Waals surface area contributed by atoms with Gasteiger partial charge in [0.2, 0.25) is 5.72 Å². The zero-order chi connectivity index (χ0) is 19.7. The highest BCUT2D eigenvalue weighted by Gasteiger charge is 2.61. The van der Waals surface area contributed by atoms with Gasteiger partial charge in [-0.3, -0.25) is 5.32 Å². The quantitative estimate of drug-likeness (QED) is 0.554. The predicted octanol–water partition coefficient (Wildman–Crippen LogP) is 2.04. The molecule has 2 unspecified atom stereocenters. The van der Waals surface area contributed by atoms with E-state index >= 15 is 0 Å². The first-order chi connectivity index (χ1) is 12.9. The van der Waals surface area contributed by atoms with Crippen LogP contribution in [0.3, 0.4) is 0 Å². The third-order valence-corrected chi connectivity index (χ3v) is 6.47. The number of hydrogen-bond donors (Lipinski definition) is 4. The number of carboxylic acids is 1. The van der Waals surface area contributed by atoms with Crippen molar-refractivity contribution in [2.45, 2.75) is 21.8 Å². The number of hydrogen-bond acceptors (Lipinski definition) is 7. The lowest BCUT2D eigenvalue weighted by Crippen LogP contribution is -2.58. The molecule has 5 N–H and O–H groups in total. The van der Waals surface area contributed by atoms with Crippen molar-refractivity contribution in [2.24, 2.45) is 0 Å². The van der Waals surface area contributed by atoms with Crippen molar-refractivity contribution in [1.82, 2.24) is 5.32 Å². The van der Waals surface area contributed by atoms with Gasteiger partial charge < -0.3 is 25.4 Å². The topological polar surface area (TPSA) is 114 Å². The highest BCUT2D eigenvalue weighted by Crippen LogP contribution is 2.54. The smallest absolute Gasteiger partial charge is 0.353 e. The summed E-state index contributed by atoms with van der Waals surface area (Å²) in [5.74, 6) is -0.101. The van der Waals surface area contributed by atoms with Crippen LogP contribution in [-0.4, -0.2) is 42.7 Å². The highest BCUT2D eigenvalue weighted by molar-refractivity contribution is 8.00. The first kappa shape index (κ1) is 19.3. The number of benzene rings is 2. The van der Waals surface area contributed by atoms with Gasteiger partial charge in [-0.15, -0.1) is 11.8 Å². The van der Waals surface area contributed by atoms with Gasteiger partial charge in [0.15, 0.2) is 0 Å². The van der Waals surface area contributed by atoms with Crippen LogP contribution < -0.4 is 20.5 Å². The van der Waals surface area contributed by atoms with E-state index < -0.39 is 16.4 Å². The van der Waals surface area contributed by atoms with E-state index in [1.807, 2.05) is 0 Å². The molecule has 0 amide bonds. The fraction of sp³-hybridized carbons (Fsp3) is 0.316. The average Bonchev–Trinajstić information content (AvgIpc) is 3.02. The van der Waals surface area contributed by atoms with Crippen LogP contribution in [-0.2, 0) is 9.54 Å². The molecular weight excluding hydrogens is 368 g/mol. The maximum absolute atomic E-state index is 12.0. The largest absolute Gasteiger partial charge is 0.497 e. The summed E-state index contributed by atoms with van der Waals surface area (Å²) in [6, 6.07) is 12.2. The minimum Gasteiger partial charge on any atom is -0.497 e. The summed E-state index contributed by atoms with van der Waals surface area (Å²) in [4.78, 5) is 12.7. The number of rotatable bonds is 6. The van der Waals surface area contributed by atoms with Gasteiger partial charge in [0, 0.05) is 17.1 Å². The molecule has 0 radical (unpaired) electrons. The SMILES string of the molecule is COc1ccc(C2(Sc3cc(OC)ccc3N)CCNC2(O)C(=O)O)cc1. The van der Waals surface area contributed by atoms with Gasteiger partial charge in [-0.25, -0.2) is 4.79 Å². The molecule has 0 saturated carbocycles. The van der Waals surface area contributed by atoms with Gasteiger partial charge in [-0.1, -0.05) is 12.1 Å². The molecule has 0 aliphatic carbocycles. The number of carboxylic acid groups (broad SMARTS) is 1. The van der Waals surface area contributed by atoms with E-state index in [9.17, 15) is 15.0 Å². The number of anilines is 1. The van der Waals surface area contributed by atoms with E-state index in [4.69, 9.17) is 15.2 Å². The van der Waals surface area contributed by atoms with Crippen LogP contribution >= 0.6 is 11.8 Å². The molecule has 3 rings (SSSR count). The molecule has 0 spiro atoms. The van der Waals surface area contributed by atoms with Gasteiger partial charge in [-0.2, -0.15) is 0 Å². The zero-order valence-electron chi connectivity index (χ0n) is 15.1. The Labute approximate surface area is 161 Å². The Bertz CT molecular complexity index is 844. The molecule has 1 aliphatic heterocycles. The zero-order valence-corrected chi connectivity index (χ0v) is 15.9. The number of methoxy groups -OCH3 is 2. The van der Waals surface area contributed by atoms with Crippen LogP contribution in [0.4, 0.5) is 5.69 Å². The van der Waals surface area contributed by atoms with Crippen LogP contribution in [0.2, 0.25) is 0 Å². The van der Waals surface area contributed by atoms with Gasteiger partial charge in [0.05, 0.1) is 14.2 Å². The van der Waals surface area contributed by atoms with Crippen molar-refractivity contribution in [3.8, 4) is 11.5 Å². The van der Waals surface area contributed by atoms with E-state index in [2.05, 4.69) is 5.32 Å². The number of aliphatic carboxylic acids is 1. The van der Waals surface area contributed by atoms with E-state index in [-0.39, 0.29) is 0 Å². The van der Waals surface area contributed by atoms with Crippen LogP contribution in [0.5, 0.6) is 11.5 Å². The van der Waals surface area contributed by atoms with E-state index in [1.54, 1.807) is 56.7 Å². The Balaban J connectivity index is 2.15. The molecule has 8 heteroatoms. The highest BCUT2D eigenvalue weighted by atomic mass is 32.2. The minimum atomic E-state index is -2.16. The normalized spacial score (nSPS) is 24.6. The lowest BCUT2D eigenvalue weighted by Gasteiger charge is -2.39. The molecule has 0 bridgehead atoms. The molecule has 2 atom stereocenters. The molecule has 7 nitrogen and oxygen atoms in total. The Morgan fingerprint density at radius 1 is 1.15 bits per heavy atom. The number of carbonyl (C=O) groups is 1. The summed E-state index contributed by atoms with van der Waals surface area (Å²) in [6.07, 6.45) is 0.392. The Kier molecular flexibility index (Phi) is 5.23. The lowest BCUT2D eigenvalue weighted by molar-refractivity contribution is -0.163. The number of ether oxygens (including phenoxy) is 2. The second-order valence-corrected chi connectivity index (χ2v) is 7.59. The minimum absolute atomic E-state index is 0.339. The molecule has 1 fully saturated rings. The second kappa shape index (κ2) is 7.30. The lowest BCUT2D eigenvalue weighted by atomic mass is 9.87. The van der Waals surface area contributed by atoms with Crippen LogP contribution in [0, 0.1) is 0 Å². The van der Waals surface area contributed by atoms with Crippen molar-refractivity contribution in [2.75, 3.05) is 26.5 Å². The second-order valence-electron chi connectivity index (χ2n) is 6.25. The van der Waals surface area contributed by atoms with Crippen molar-refractivity contribution in [3.05, 3.63) is 48.0 Å². The van der Waals surface area contributed by atoms with Crippen molar-refractivity contribution in [1.29, 1.82) is 0 Å². The summed E-state index contributed by atoms with van der Waals surface area (Å²) < 4.78 is 9.27. The van der Waals surface area contributed by atoms with Crippen molar-refractivity contribution < 1.29 is 24.5 Å². The first-order valence-electron chi connectivity index (χ1n) is 8.34. The summed E-state index contributed by atoms with van der Waals surface area (Å²) in [5, 5.41) is 23.7.